The first kappa shape index (κ1) is 15.2. The van der Waals surface area contributed by atoms with Crippen molar-refractivity contribution in [1.82, 2.24) is 0 Å². The molecule has 0 radical (unpaired) electrons. The summed E-state index contributed by atoms with van der Waals surface area (Å²) in [6, 6.07) is 13.2. The van der Waals surface area contributed by atoms with Crippen molar-refractivity contribution in [1.29, 1.82) is 0 Å². The first-order valence-corrected chi connectivity index (χ1v) is 7.57. The molecule has 118 valence electrons. The number of benzene rings is 2. The van der Waals surface area contributed by atoms with Gasteiger partial charge in [-0.3, -0.25) is 4.79 Å². The van der Waals surface area contributed by atoms with Crippen LogP contribution in [0.4, 0.5) is 5.69 Å². The second-order valence-electron chi connectivity index (χ2n) is 5.52. The van der Waals surface area contributed by atoms with Crippen LogP contribution >= 0.6 is 0 Å². The van der Waals surface area contributed by atoms with Gasteiger partial charge >= 0.3 is 0 Å². The predicted octanol–water partition coefficient (Wildman–Crippen LogP) is 3.77. The normalized spacial score (nSPS) is 14.6. The summed E-state index contributed by atoms with van der Waals surface area (Å²) in [5.41, 5.74) is 2.61. The maximum Gasteiger partial charge on any atom is 0.231 e. The molecule has 0 bridgehead atoms. The maximum absolute atomic E-state index is 12.4. The summed E-state index contributed by atoms with van der Waals surface area (Å²) in [5.74, 6) is 1.50. The van der Waals surface area contributed by atoms with Gasteiger partial charge in [0.15, 0.2) is 5.76 Å². The van der Waals surface area contributed by atoms with Crippen molar-refractivity contribution in [2.45, 2.75) is 6.92 Å². The first-order valence-electron chi connectivity index (χ1n) is 7.57. The molecule has 0 N–H and O–H groups in total. The summed E-state index contributed by atoms with van der Waals surface area (Å²) in [4.78, 5) is 14.4. The van der Waals surface area contributed by atoms with E-state index in [9.17, 15) is 4.79 Å². The van der Waals surface area contributed by atoms with E-state index in [1.165, 1.54) is 0 Å². The zero-order valence-electron chi connectivity index (χ0n) is 13.5. The molecule has 0 fully saturated rings. The minimum absolute atomic E-state index is 0.0975. The van der Waals surface area contributed by atoms with Gasteiger partial charge in [-0.2, -0.15) is 0 Å². The Kier molecular flexibility index (Phi) is 4.06. The Morgan fingerprint density at radius 2 is 1.87 bits per heavy atom. The number of allylic oxidation sites excluding steroid dienone is 1. The highest BCUT2D eigenvalue weighted by Crippen LogP contribution is 2.34. The number of anilines is 1. The number of ether oxygens (including phenoxy) is 2. The predicted molar refractivity (Wildman–Crippen MR) is 91.3 cm³/mol. The molecule has 4 heteroatoms. The molecule has 0 aliphatic carbocycles. The molecule has 1 heterocycles. The lowest BCUT2D eigenvalue weighted by Gasteiger charge is -2.11. The van der Waals surface area contributed by atoms with Gasteiger partial charge < -0.3 is 14.4 Å². The average Bonchev–Trinajstić information content (AvgIpc) is 2.84. The number of nitrogens with zero attached hydrogens (tertiary/aromatic N) is 1. The van der Waals surface area contributed by atoms with Crippen LogP contribution in [0.3, 0.4) is 0 Å². The van der Waals surface area contributed by atoms with Gasteiger partial charge in [0, 0.05) is 25.8 Å². The minimum Gasteiger partial charge on any atom is -0.494 e. The minimum atomic E-state index is -0.0975. The van der Waals surface area contributed by atoms with E-state index < -0.39 is 0 Å². The summed E-state index contributed by atoms with van der Waals surface area (Å²) >= 11 is 0. The Bertz CT molecular complexity index is 761. The molecule has 3 rings (SSSR count). The highest BCUT2D eigenvalue weighted by atomic mass is 16.5. The van der Waals surface area contributed by atoms with Crippen LogP contribution in [0.15, 0.2) is 48.2 Å². The first-order chi connectivity index (χ1) is 11.1. The Labute approximate surface area is 135 Å². The number of fused-ring (bicyclic) bond motifs is 1. The maximum atomic E-state index is 12.4. The van der Waals surface area contributed by atoms with E-state index in [4.69, 9.17) is 9.47 Å². The zero-order valence-corrected chi connectivity index (χ0v) is 13.5. The fraction of sp³-hybridized carbons (Fsp3) is 0.211. The topological polar surface area (TPSA) is 38.8 Å². The molecule has 2 aromatic rings. The third kappa shape index (κ3) is 3.06. The smallest absolute Gasteiger partial charge is 0.231 e. The van der Waals surface area contributed by atoms with E-state index in [1.54, 1.807) is 24.3 Å². The third-order valence-electron chi connectivity index (χ3n) is 3.66. The van der Waals surface area contributed by atoms with Crippen LogP contribution in [0.1, 0.15) is 22.8 Å². The lowest BCUT2D eigenvalue weighted by atomic mass is 10.1. The van der Waals surface area contributed by atoms with Crippen molar-refractivity contribution in [3.63, 3.8) is 0 Å². The molecule has 0 atom stereocenters. The van der Waals surface area contributed by atoms with Crippen LogP contribution in [-0.2, 0) is 0 Å². The van der Waals surface area contributed by atoms with Gasteiger partial charge in [0.05, 0.1) is 12.2 Å². The molecule has 1 aliphatic rings. The number of ketones is 1. The zero-order chi connectivity index (χ0) is 16.4. The largest absolute Gasteiger partial charge is 0.494 e. The molecule has 0 aromatic heterocycles. The Hall–Kier alpha value is -2.75. The van der Waals surface area contributed by atoms with Gasteiger partial charge in [-0.15, -0.1) is 0 Å². The van der Waals surface area contributed by atoms with Crippen molar-refractivity contribution in [3.05, 3.63) is 59.4 Å². The molecular weight excluding hydrogens is 290 g/mol. The number of rotatable bonds is 4. The van der Waals surface area contributed by atoms with Crippen molar-refractivity contribution < 1.29 is 14.3 Å². The lowest BCUT2D eigenvalue weighted by molar-refractivity contribution is 0.101. The fourth-order valence-electron chi connectivity index (χ4n) is 2.44. The Morgan fingerprint density at radius 3 is 2.52 bits per heavy atom. The van der Waals surface area contributed by atoms with Gasteiger partial charge in [-0.1, -0.05) is 12.1 Å². The standard InChI is InChI=1S/C19H19NO3/c1-4-22-15-9-10-16-17(12-15)23-18(19(16)21)11-13-5-7-14(8-6-13)20(2)3/h5-12H,4H2,1-3H3/b18-11-. The average molecular weight is 309 g/mol. The molecule has 0 saturated carbocycles. The van der Waals surface area contributed by atoms with Crippen LogP contribution in [0, 0.1) is 0 Å². The lowest BCUT2D eigenvalue weighted by Crippen LogP contribution is -2.08. The SMILES string of the molecule is CCOc1ccc2c(c1)O/C(=C\c1ccc(N(C)C)cc1)C2=O. The molecular formula is C19H19NO3. The van der Waals surface area contributed by atoms with Crippen molar-refractivity contribution in [2.24, 2.45) is 0 Å². The quantitative estimate of drug-likeness (QED) is 0.806. The summed E-state index contributed by atoms with van der Waals surface area (Å²) in [7, 11) is 3.98. The summed E-state index contributed by atoms with van der Waals surface area (Å²) < 4.78 is 11.1. The number of hydrogen-bond acceptors (Lipinski definition) is 4. The molecule has 2 aromatic carbocycles. The molecule has 1 aliphatic heterocycles. The number of Topliss-reactive ketones (excluding diaryl/α,β-unsaturated/α-hetero) is 1. The Balaban J connectivity index is 1.85. The highest BCUT2D eigenvalue weighted by molar-refractivity contribution is 6.14. The fourth-order valence-corrected chi connectivity index (χ4v) is 2.44. The van der Waals surface area contributed by atoms with E-state index in [-0.39, 0.29) is 5.78 Å². The summed E-state index contributed by atoms with van der Waals surface area (Å²) in [6.07, 6.45) is 1.77. The van der Waals surface area contributed by atoms with Crippen LogP contribution in [0.5, 0.6) is 11.5 Å². The molecule has 0 spiro atoms. The van der Waals surface area contributed by atoms with Gasteiger partial charge in [-0.05, 0) is 42.8 Å². The second-order valence-corrected chi connectivity index (χ2v) is 5.52. The number of hydrogen-bond donors (Lipinski definition) is 0. The molecule has 0 unspecified atom stereocenters. The van der Waals surface area contributed by atoms with Crippen LogP contribution in [0.25, 0.3) is 6.08 Å². The van der Waals surface area contributed by atoms with E-state index in [2.05, 4.69) is 0 Å². The van der Waals surface area contributed by atoms with Crippen LogP contribution < -0.4 is 14.4 Å². The van der Waals surface area contributed by atoms with E-state index in [1.807, 2.05) is 50.2 Å². The van der Waals surface area contributed by atoms with Crippen molar-refractivity contribution >= 4 is 17.5 Å². The van der Waals surface area contributed by atoms with Gasteiger partial charge in [0.25, 0.3) is 0 Å². The molecule has 0 amide bonds. The van der Waals surface area contributed by atoms with Gasteiger partial charge in [0.2, 0.25) is 5.78 Å². The second kappa shape index (κ2) is 6.16. The highest BCUT2D eigenvalue weighted by Gasteiger charge is 2.27. The van der Waals surface area contributed by atoms with E-state index in [0.717, 1.165) is 11.3 Å². The molecule has 23 heavy (non-hydrogen) atoms. The van der Waals surface area contributed by atoms with Gasteiger partial charge in [-0.25, -0.2) is 0 Å². The van der Waals surface area contributed by atoms with Crippen LogP contribution in [0.2, 0.25) is 0 Å². The third-order valence-corrected chi connectivity index (χ3v) is 3.66. The number of carbonyl (C=O) groups is 1. The monoisotopic (exact) mass is 309 g/mol. The number of carbonyl (C=O) groups excluding carboxylic acids is 1. The molecule has 0 saturated heterocycles. The summed E-state index contributed by atoms with van der Waals surface area (Å²) in [5, 5.41) is 0. The van der Waals surface area contributed by atoms with Crippen molar-refractivity contribution in [2.75, 3.05) is 25.6 Å². The van der Waals surface area contributed by atoms with E-state index >= 15 is 0 Å². The van der Waals surface area contributed by atoms with E-state index in [0.29, 0.717) is 29.4 Å². The molecule has 4 nitrogen and oxygen atoms in total. The summed E-state index contributed by atoms with van der Waals surface area (Å²) in [6.45, 7) is 2.50. The van der Waals surface area contributed by atoms with Crippen LogP contribution in [-0.4, -0.2) is 26.5 Å². The van der Waals surface area contributed by atoms with Crippen molar-refractivity contribution in [3.8, 4) is 11.5 Å². The van der Waals surface area contributed by atoms with Gasteiger partial charge in [0.1, 0.15) is 11.5 Å². The Morgan fingerprint density at radius 1 is 1.13 bits per heavy atom.